The van der Waals surface area contributed by atoms with E-state index in [2.05, 4.69) is 40.9 Å². The van der Waals surface area contributed by atoms with Gasteiger partial charge >= 0.3 is 5.97 Å². The van der Waals surface area contributed by atoms with E-state index in [1.807, 2.05) is 18.2 Å². The van der Waals surface area contributed by atoms with Gasteiger partial charge in [-0.25, -0.2) is 0 Å². The van der Waals surface area contributed by atoms with Crippen molar-refractivity contribution in [1.82, 2.24) is 8.75 Å². The molecule has 0 radical (unpaired) electrons. The summed E-state index contributed by atoms with van der Waals surface area (Å²) in [6.07, 6.45) is 12.8. The van der Waals surface area contributed by atoms with Crippen LogP contribution in [0.1, 0.15) is 88.6 Å². The first-order valence-electron chi connectivity index (χ1n) is 13.3. The third kappa shape index (κ3) is 6.70. The molecule has 2 unspecified atom stereocenters. The molecular formula is C28H40N3O3S+. The van der Waals surface area contributed by atoms with E-state index in [9.17, 15) is 4.79 Å². The van der Waals surface area contributed by atoms with Crippen molar-refractivity contribution in [3.05, 3.63) is 47.7 Å². The van der Waals surface area contributed by atoms with Crippen molar-refractivity contribution in [2.45, 2.75) is 77.4 Å². The highest BCUT2D eigenvalue weighted by atomic mass is 32.1. The van der Waals surface area contributed by atoms with Crippen LogP contribution >= 0.6 is 11.7 Å². The number of hydrogen-bond donors (Lipinski definition) is 0. The van der Waals surface area contributed by atoms with Gasteiger partial charge in [0.05, 0.1) is 43.4 Å². The highest BCUT2D eigenvalue weighted by molar-refractivity contribution is 6.99. The number of rotatable bonds is 11. The fraction of sp³-hybridized carbons (Fsp3) is 0.607. The second kappa shape index (κ2) is 12.6. The normalized spacial score (nSPS) is 21.8. The Bertz CT molecular complexity index is 971. The number of ether oxygens (including phenoxy) is 2. The van der Waals surface area contributed by atoms with Crippen molar-refractivity contribution in [2.75, 3.05) is 26.7 Å². The predicted molar refractivity (Wildman–Crippen MR) is 140 cm³/mol. The summed E-state index contributed by atoms with van der Waals surface area (Å²) in [6, 6.07) is 10.2. The molecule has 0 spiro atoms. The third-order valence-corrected chi connectivity index (χ3v) is 7.89. The average molecular weight is 499 g/mol. The molecule has 2 aliphatic rings. The molecule has 0 bridgehead atoms. The molecule has 2 heterocycles. The molecule has 1 aliphatic heterocycles. The number of quaternary nitrogens is 1. The Labute approximate surface area is 214 Å². The number of carbonyl (C=O) groups excluding carboxylic acids is 1. The minimum atomic E-state index is -0.348. The quantitative estimate of drug-likeness (QED) is 0.200. The first-order chi connectivity index (χ1) is 17.1. The molecule has 4 rings (SSSR count). The summed E-state index contributed by atoms with van der Waals surface area (Å²) in [7, 11) is 2.20. The monoisotopic (exact) mass is 498 g/mol. The zero-order chi connectivity index (χ0) is 24.5. The van der Waals surface area contributed by atoms with Crippen LogP contribution in [0.2, 0.25) is 0 Å². The Kier molecular flexibility index (Phi) is 9.32. The lowest BCUT2D eigenvalue weighted by molar-refractivity contribution is -0.953. The van der Waals surface area contributed by atoms with Gasteiger partial charge in [-0.3, -0.25) is 9.28 Å². The smallest absolute Gasteiger partial charge is 0.313 e. The van der Waals surface area contributed by atoms with Crippen LogP contribution in [-0.2, 0) is 9.53 Å². The van der Waals surface area contributed by atoms with Crippen molar-refractivity contribution < 1.29 is 18.8 Å². The summed E-state index contributed by atoms with van der Waals surface area (Å²) >= 11 is 1.20. The molecule has 2 aromatic rings. The van der Waals surface area contributed by atoms with E-state index >= 15 is 0 Å². The number of hydrogen-bond acceptors (Lipinski definition) is 6. The van der Waals surface area contributed by atoms with Gasteiger partial charge in [0.1, 0.15) is 12.2 Å². The van der Waals surface area contributed by atoms with Crippen LogP contribution in [0.3, 0.4) is 0 Å². The lowest BCUT2D eigenvalue weighted by Crippen LogP contribution is -2.52. The van der Waals surface area contributed by atoms with E-state index < -0.39 is 0 Å². The van der Waals surface area contributed by atoms with Gasteiger partial charge in [-0.2, -0.15) is 4.37 Å². The van der Waals surface area contributed by atoms with Crippen LogP contribution in [0.4, 0.5) is 0 Å². The average Bonchev–Trinajstić information content (AvgIpc) is 3.36. The molecule has 1 aromatic heterocycles. The molecule has 35 heavy (non-hydrogen) atoms. The molecule has 190 valence electrons. The van der Waals surface area contributed by atoms with Crippen molar-refractivity contribution >= 4 is 23.3 Å². The van der Waals surface area contributed by atoms with Gasteiger partial charge in [-0.1, -0.05) is 69.7 Å². The molecule has 1 saturated carbocycles. The number of unbranched alkanes of at least 4 members (excludes halogenated alkanes) is 3. The molecule has 0 N–H and O–H groups in total. The zero-order valence-electron chi connectivity index (χ0n) is 21.3. The van der Waals surface area contributed by atoms with Crippen LogP contribution in [0, 0.1) is 5.92 Å². The van der Waals surface area contributed by atoms with E-state index in [0.29, 0.717) is 17.0 Å². The highest BCUT2D eigenvalue weighted by Crippen LogP contribution is 2.38. The number of carbonyl (C=O) groups is 1. The number of likely N-dealkylation sites (N-methyl/N-ethyl adjacent to an activating group) is 1. The molecule has 2 atom stereocenters. The SMILES string of the molecule is CCCCCCOc1nsnc1C1=CCC[N+](C)(C(OC(=O)C2CCCCC2)c2ccccc2)C1. The Morgan fingerprint density at radius 1 is 1.11 bits per heavy atom. The van der Waals surface area contributed by atoms with E-state index in [0.717, 1.165) is 68.4 Å². The topological polar surface area (TPSA) is 61.3 Å². The molecule has 6 nitrogen and oxygen atoms in total. The number of nitrogens with zero attached hydrogens (tertiary/aromatic N) is 3. The highest BCUT2D eigenvalue weighted by Gasteiger charge is 2.41. The number of esters is 1. The largest absolute Gasteiger partial charge is 0.475 e. The molecule has 0 saturated heterocycles. The van der Waals surface area contributed by atoms with Gasteiger partial charge in [0.25, 0.3) is 12.1 Å². The lowest BCUT2D eigenvalue weighted by Gasteiger charge is -2.43. The van der Waals surface area contributed by atoms with Crippen LogP contribution in [0.25, 0.3) is 5.57 Å². The summed E-state index contributed by atoms with van der Waals surface area (Å²) in [6.45, 7) is 4.49. The van der Waals surface area contributed by atoms with Crippen molar-refractivity contribution in [3.8, 4) is 5.88 Å². The number of benzene rings is 1. The summed E-state index contributed by atoms with van der Waals surface area (Å²) in [4.78, 5) is 13.2. The molecule has 1 aromatic carbocycles. The molecule has 0 amide bonds. The molecule has 1 aliphatic carbocycles. The molecular weight excluding hydrogens is 458 g/mol. The standard InChI is InChI=1S/C28H40N3O3S/c1-3-4-5-12-20-33-26-25(29-35-30-26)24-18-13-19-31(2,21-24)27(22-14-8-6-9-15-22)34-28(32)23-16-10-7-11-17-23/h6,8-9,14-15,18,23,27H,3-5,7,10-13,16-17,19-21H2,1-2H3/q+1. The Morgan fingerprint density at radius 3 is 2.69 bits per heavy atom. The van der Waals surface area contributed by atoms with Crippen molar-refractivity contribution in [1.29, 1.82) is 0 Å². The molecule has 7 heteroatoms. The van der Waals surface area contributed by atoms with Gasteiger partial charge in [-0.15, -0.1) is 4.37 Å². The van der Waals surface area contributed by atoms with Crippen LogP contribution in [0.5, 0.6) is 5.88 Å². The number of aromatic nitrogens is 2. The Morgan fingerprint density at radius 2 is 1.91 bits per heavy atom. The van der Waals surface area contributed by atoms with Gasteiger partial charge in [-0.05, 0) is 31.4 Å². The van der Waals surface area contributed by atoms with Gasteiger partial charge in [0, 0.05) is 12.0 Å². The first-order valence-corrected chi connectivity index (χ1v) is 14.1. The van der Waals surface area contributed by atoms with E-state index in [-0.39, 0.29) is 18.1 Å². The third-order valence-electron chi connectivity index (χ3n) is 7.38. The minimum absolute atomic E-state index is 0.0248. The van der Waals surface area contributed by atoms with Gasteiger partial charge in [0.15, 0.2) is 0 Å². The van der Waals surface area contributed by atoms with E-state index in [4.69, 9.17) is 9.47 Å². The summed E-state index contributed by atoms with van der Waals surface area (Å²) in [5.74, 6) is 0.624. The zero-order valence-corrected chi connectivity index (χ0v) is 22.1. The maximum atomic E-state index is 13.2. The Balaban J connectivity index is 1.50. The second-order valence-electron chi connectivity index (χ2n) is 10.2. The van der Waals surface area contributed by atoms with Crippen molar-refractivity contribution in [3.63, 3.8) is 0 Å². The van der Waals surface area contributed by atoms with Gasteiger partial charge < -0.3 is 9.47 Å². The lowest BCUT2D eigenvalue weighted by atomic mass is 9.89. The van der Waals surface area contributed by atoms with Gasteiger partial charge in [0.2, 0.25) is 0 Å². The van der Waals surface area contributed by atoms with Crippen LogP contribution < -0.4 is 4.74 Å². The first kappa shape index (κ1) is 25.8. The second-order valence-corrected chi connectivity index (χ2v) is 10.8. The van der Waals surface area contributed by atoms with Crippen LogP contribution in [-0.4, -0.2) is 45.9 Å². The Hall–Kier alpha value is -2.25. The van der Waals surface area contributed by atoms with Crippen molar-refractivity contribution in [2.24, 2.45) is 5.92 Å². The predicted octanol–water partition coefficient (Wildman–Crippen LogP) is 6.55. The summed E-state index contributed by atoms with van der Waals surface area (Å²) in [5, 5.41) is 0. The van der Waals surface area contributed by atoms with Crippen LogP contribution in [0.15, 0.2) is 36.4 Å². The summed E-state index contributed by atoms with van der Waals surface area (Å²) < 4.78 is 22.0. The fourth-order valence-electron chi connectivity index (χ4n) is 5.32. The summed E-state index contributed by atoms with van der Waals surface area (Å²) in [5.41, 5.74) is 3.02. The molecule has 1 fully saturated rings. The van der Waals surface area contributed by atoms with E-state index in [1.165, 1.54) is 37.4 Å². The maximum absolute atomic E-state index is 13.2. The minimum Gasteiger partial charge on any atom is -0.475 e. The maximum Gasteiger partial charge on any atom is 0.313 e. The fourth-order valence-corrected chi connectivity index (χ4v) is 5.86. The van der Waals surface area contributed by atoms with E-state index in [1.54, 1.807) is 0 Å².